The van der Waals surface area contributed by atoms with Crippen LogP contribution in [0.15, 0.2) is 72.8 Å². The summed E-state index contributed by atoms with van der Waals surface area (Å²) in [4.78, 5) is 35.1. The van der Waals surface area contributed by atoms with Gasteiger partial charge in [0.15, 0.2) is 0 Å². The minimum absolute atomic E-state index is 0. The van der Waals surface area contributed by atoms with Crippen LogP contribution in [-0.4, -0.2) is 21.0 Å². The number of fused-ring (bicyclic) bond motifs is 8. The van der Waals surface area contributed by atoms with Crippen LogP contribution in [0.4, 0.5) is 0 Å². The zero-order valence-corrected chi connectivity index (χ0v) is 39.3. The molecule has 6 nitrogen and oxygen atoms in total. The molecule has 3 aromatic carbocycles. The third-order valence-corrected chi connectivity index (χ3v) is 12.5. The van der Waals surface area contributed by atoms with Crippen LogP contribution in [0.1, 0.15) is 82.5 Å². The molecule has 0 spiro atoms. The van der Waals surface area contributed by atoms with Crippen LogP contribution in [0, 0.1) is 62.3 Å². The van der Waals surface area contributed by atoms with E-state index in [1.54, 1.807) is 6.07 Å². The SMILES string of the molecule is Cc1cc(C)c(-c2c3nc(c(-c4c(C)cc(C)cc4C)c4ccc([n-]4)c(-c4c(C)cc(C)cc4C)c4nc(c(-c5ccc(C(=O)O)s5)c5ccc2[n-]5)C=C4)C=C3)c(C)c1.[Zn+2]. The van der Waals surface area contributed by atoms with Crippen molar-refractivity contribution in [1.82, 2.24) is 19.9 Å². The minimum Gasteiger partial charge on any atom is -0.657 e. The topological polar surface area (TPSA) is 91.3 Å². The first-order chi connectivity index (χ1) is 28.2. The second-order valence-corrected chi connectivity index (χ2v) is 17.2. The van der Waals surface area contributed by atoms with Gasteiger partial charge in [0.1, 0.15) is 4.88 Å². The summed E-state index contributed by atoms with van der Waals surface area (Å²) >= 11 is 1.23. The molecule has 0 unspecified atom stereocenters. The number of rotatable bonds is 5. The maximum Gasteiger partial charge on any atom is 2.00 e. The molecule has 0 amide bonds. The van der Waals surface area contributed by atoms with Gasteiger partial charge in [0.05, 0.1) is 22.8 Å². The first kappa shape index (κ1) is 40.8. The Morgan fingerprint density at radius 2 is 0.750 bits per heavy atom. The van der Waals surface area contributed by atoms with E-state index < -0.39 is 5.97 Å². The van der Waals surface area contributed by atoms with E-state index in [4.69, 9.17) is 19.9 Å². The van der Waals surface area contributed by atoms with E-state index in [1.165, 1.54) is 28.0 Å². The molecule has 60 heavy (non-hydrogen) atoms. The van der Waals surface area contributed by atoms with Gasteiger partial charge in [-0.1, -0.05) is 77.4 Å². The molecule has 2 aliphatic rings. The second-order valence-electron chi connectivity index (χ2n) is 16.2. The Morgan fingerprint density at radius 1 is 0.450 bits per heavy atom. The van der Waals surface area contributed by atoms with E-state index in [-0.39, 0.29) is 24.4 Å². The molecule has 0 saturated carbocycles. The summed E-state index contributed by atoms with van der Waals surface area (Å²) in [5.41, 5.74) is 23.7. The number of benzene rings is 3. The van der Waals surface area contributed by atoms with Crippen molar-refractivity contribution in [3.63, 3.8) is 0 Å². The first-order valence-electron chi connectivity index (χ1n) is 19.9. The molecule has 1 N–H and O–H groups in total. The fourth-order valence-corrected chi connectivity index (χ4v) is 10.3. The smallest absolute Gasteiger partial charge is 0.657 e. The van der Waals surface area contributed by atoms with E-state index in [0.29, 0.717) is 11.2 Å². The Labute approximate surface area is 367 Å². The van der Waals surface area contributed by atoms with Crippen LogP contribution in [-0.2, 0) is 19.5 Å². The van der Waals surface area contributed by atoms with Gasteiger partial charge < -0.3 is 15.1 Å². The van der Waals surface area contributed by atoms with Gasteiger partial charge in [0.2, 0.25) is 0 Å². The average Bonchev–Trinajstić information content (AvgIpc) is 4.01. The molecule has 292 valence electrons. The van der Waals surface area contributed by atoms with Gasteiger partial charge in [-0.05, 0) is 166 Å². The van der Waals surface area contributed by atoms with Gasteiger partial charge in [0, 0.05) is 10.4 Å². The molecule has 9 rings (SSSR count). The minimum atomic E-state index is -0.965. The predicted octanol–water partition coefficient (Wildman–Crippen LogP) is 13.1. The molecule has 0 fully saturated rings. The Hall–Kier alpha value is -5.95. The maximum atomic E-state index is 12.2. The summed E-state index contributed by atoms with van der Waals surface area (Å²) in [7, 11) is 0. The van der Waals surface area contributed by atoms with Crippen molar-refractivity contribution in [3.05, 3.63) is 151 Å². The van der Waals surface area contributed by atoms with Crippen molar-refractivity contribution in [3.8, 4) is 43.8 Å². The zero-order valence-electron chi connectivity index (χ0n) is 35.5. The molecule has 0 atom stereocenters. The molecule has 4 aromatic heterocycles. The normalized spacial score (nSPS) is 11.9. The van der Waals surface area contributed by atoms with Crippen molar-refractivity contribution in [2.45, 2.75) is 62.3 Å². The predicted molar refractivity (Wildman–Crippen MR) is 246 cm³/mol. The molecule has 0 saturated heterocycles. The van der Waals surface area contributed by atoms with Crippen LogP contribution in [0.5, 0.6) is 0 Å². The molecular formula is C52H44N4O2SZn. The number of thiophene rings is 1. The monoisotopic (exact) mass is 852 g/mol. The summed E-state index contributed by atoms with van der Waals surface area (Å²) in [6, 6.07) is 25.2. The largest absolute Gasteiger partial charge is 2.00 e. The van der Waals surface area contributed by atoms with E-state index in [0.717, 1.165) is 111 Å². The fourth-order valence-electron chi connectivity index (χ4n) is 9.42. The van der Waals surface area contributed by atoms with Gasteiger partial charge in [-0.3, -0.25) is 0 Å². The Morgan fingerprint density at radius 3 is 1.05 bits per heavy atom. The number of hydrogen-bond donors (Lipinski definition) is 1. The quantitative estimate of drug-likeness (QED) is 0.173. The third kappa shape index (κ3) is 7.02. The van der Waals surface area contributed by atoms with Gasteiger partial charge in [-0.15, -0.1) is 33.4 Å². The van der Waals surface area contributed by atoms with Crippen molar-refractivity contribution < 1.29 is 29.4 Å². The number of carboxylic acids is 1. The summed E-state index contributed by atoms with van der Waals surface area (Å²) in [5.74, 6) is -0.965. The summed E-state index contributed by atoms with van der Waals surface area (Å²) in [6.45, 7) is 19.3. The first-order valence-corrected chi connectivity index (χ1v) is 20.7. The van der Waals surface area contributed by atoms with Crippen LogP contribution in [0.3, 0.4) is 0 Å². The Balaban J connectivity index is 0.00000499. The van der Waals surface area contributed by atoms with E-state index in [9.17, 15) is 9.90 Å². The van der Waals surface area contributed by atoms with Crippen molar-refractivity contribution in [1.29, 1.82) is 0 Å². The summed E-state index contributed by atoms with van der Waals surface area (Å²) < 4.78 is 0. The zero-order chi connectivity index (χ0) is 41.4. The Bertz CT molecular complexity index is 3070. The molecule has 6 heterocycles. The van der Waals surface area contributed by atoms with Gasteiger partial charge >= 0.3 is 25.4 Å². The average molecular weight is 854 g/mol. The van der Waals surface area contributed by atoms with E-state index in [1.807, 2.05) is 18.2 Å². The molecule has 7 aromatic rings. The van der Waals surface area contributed by atoms with Gasteiger partial charge in [-0.2, -0.15) is 0 Å². The molecule has 8 heteroatoms. The number of aromatic nitrogens is 4. The molecule has 0 aliphatic carbocycles. The van der Waals surface area contributed by atoms with Crippen LogP contribution in [0.2, 0.25) is 0 Å². The third-order valence-electron chi connectivity index (χ3n) is 11.5. The maximum absolute atomic E-state index is 12.2. The van der Waals surface area contributed by atoms with E-state index in [2.05, 4.69) is 135 Å². The van der Waals surface area contributed by atoms with Crippen molar-refractivity contribution >= 4 is 63.7 Å². The molecule has 0 radical (unpaired) electrons. The number of carbonyl (C=O) groups is 1. The number of aryl methyl sites for hydroxylation is 9. The summed E-state index contributed by atoms with van der Waals surface area (Å²) in [5, 5.41) is 9.99. The van der Waals surface area contributed by atoms with Gasteiger partial charge in [-0.25, -0.2) is 14.8 Å². The number of aromatic carboxylic acids is 1. The molecular weight excluding hydrogens is 810 g/mol. The van der Waals surface area contributed by atoms with Gasteiger partial charge in [0.25, 0.3) is 0 Å². The number of carboxylic acid groups (broad SMARTS) is 1. The second kappa shape index (κ2) is 15.6. The van der Waals surface area contributed by atoms with Crippen LogP contribution in [0.25, 0.3) is 90.2 Å². The van der Waals surface area contributed by atoms with Crippen molar-refractivity contribution in [2.24, 2.45) is 0 Å². The molecule has 8 bridgehead atoms. The fraction of sp³-hybridized carbons (Fsp3) is 0.173. The standard InChI is InChI=1S/C52H45N4O2S.Zn/c1-26-20-29(4)45(30(5)21-26)49-37-12-10-35(53-37)48(43-18-19-44(59-43)52(57)58)36-11-13-38(54-36)50(46-31(6)22-27(2)23-32(46)7)40-15-17-42(56-40)51(41-16-14-39(49)55-41)47-33(8)24-28(3)25-34(47)9;/h10-25H,1-9H3,(H2-,53,54,55,56,57,58);/q-1;+2/p-1. The van der Waals surface area contributed by atoms with Crippen LogP contribution >= 0.6 is 11.3 Å². The number of hydrogen-bond acceptors (Lipinski definition) is 4. The van der Waals surface area contributed by atoms with E-state index >= 15 is 0 Å². The summed E-state index contributed by atoms with van der Waals surface area (Å²) in [6.07, 6.45) is 8.33. The number of nitrogens with zero attached hydrogens (tertiary/aromatic N) is 4. The van der Waals surface area contributed by atoms with Crippen molar-refractivity contribution in [2.75, 3.05) is 0 Å². The molecule has 2 aliphatic heterocycles. The van der Waals surface area contributed by atoms with Crippen LogP contribution < -0.4 is 9.97 Å². The Kier molecular flexibility index (Phi) is 10.6.